The molecule has 0 aliphatic carbocycles. The summed E-state index contributed by atoms with van der Waals surface area (Å²) in [5.74, 6) is 0.390. The molecule has 0 aromatic heterocycles. The van der Waals surface area contributed by atoms with Gasteiger partial charge in [-0.1, -0.05) is 12.1 Å². The monoisotopic (exact) mass is 410 g/mol. The Bertz CT molecular complexity index is 381. The van der Waals surface area contributed by atoms with E-state index in [1.165, 1.54) is 0 Å². The second-order valence-electron chi connectivity index (χ2n) is 4.28. The summed E-state index contributed by atoms with van der Waals surface area (Å²) in [5.41, 5.74) is 2.25. The van der Waals surface area contributed by atoms with Gasteiger partial charge in [-0.15, -0.1) is 23.2 Å². The maximum atomic E-state index is 10.4. The third-order valence-electron chi connectivity index (χ3n) is 2.87. The van der Waals surface area contributed by atoms with Gasteiger partial charge in [0.25, 0.3) is 0 Å². The van der Waals surface area contributed by atoms with Crippen molar-refractivity contribution >= 4 is 34.9 Å². The van der Waals surface area contributed by atoms with E-state index >= 15 is 0 Å². The third-order valence-corrected chi connectivity index (χ3v) is 3.20. The van der Waals surface area contributed by atoms with Gasteiger partial charge in [-0.05, 0) is 30.5 Å². The Morgan fingerprint density at radius 3 is 2.10 bits per heavy atom. The van der Waals surface area contributed by atoms with E-state index in [0.29, 0.717) is 18.2 Å². The molecule has 0 aliphatic rings. The second kappa shape index (κ2) is 11.5. The summed E-state index contributed by atoms with van der Waals surface area (Å²) < 4.78 is 0. The number of halogens is 2. The summed E-state index contributed by atoms with van der Waals surface area (Å²) in [4.78, 5) is 12.6. The van der Waals surface area contributed by atoms with Gasteiger partial charge in [0.15, 0.2) is 0 Å². The third kappa shape index (κ3) is 7.55. The molecule has 0 unspecified atom stereocenters. The average molecular weight is 412 g/mol. The summed E-state index contributed by atoms with van der Waals surface area (Å²) in [7, 11) is 0. The first kappa shape index (κ1) is 19.8. The fourth-order valence-electron chi connectivity index (χ4n) is 1.89. The number of hydrogen-bond donors (Lipinski definition) is 1. The summed E-state index contributed by atoms with van der Waals surface area (Å²) in [6.07, 6.45) is 1.67. The molecule has 0 fully saturated rings. The summed E-state index contributed by atoms with van der Waals surface area (Å²) >= 11 is 11.5. The molecule has 6 heteroatoms. The molecule has 117 valence electrons. The summed E-state index contributed by atoms with van der Waals surface area (Å²) in [6.45, 7) is 1.54. The van der Waals surface area contributed by atoms with E-state index in [-0.39, 0.29) is 28.8 Å². The summed E-state index contributed by atoms with van der Waals surface area (Å²) in [6, 6.07) is 8.14. The first-order valence-corrected chi connectivity index (χ1v) is 7.42. The molecule has 0 heterocycles. The molecule has 0 aliphatic heterocycles. The number of rotatable bonds is 9. The van der Waals surface area contributed by atoms with Crippen LogP contribution >= 0.6 is 23.2 Å². The van der Waals surface area contributed by atoms with Gasteiger partial charge in [0.2, 0.25) is 0 Å². The van der Waals surface area contributed by atoms with Crippen molar-refractivity contribution in [3.05, 3.63) is 29.8 Å². The number of carboxylic acid groups (broad SMARTS) is 1. The molecule has 0 amide bonds. The van der Waals surface area contributed by atoms with Crippen LogP contribution in [-0.2, 0) is 33.6 Å². The first-order valence-electron chi connectivity index (χ1n) is 6.35. The minimum absolute atomic E-state index is 0. The van der Waals surface area contributed by atoms with Crippen LogP contribution in [0.3, 0.4) is 0 Å². The molecule has 1 aromatic rings. The molecule has 0 bridgehead atoms. The molecule has 3 nitrogen and oxygen atoms in total. The van der Waals surface area contributed by atoms with Crippen molar-refractivity contribution < 1.29 is 32.3 Å². The fraction of sp³-hybridized carbons (Fsp3) is 0.500. The number of benzene rings is 1. The molecular weight excluding hydrogens is 393 g/mol. The smallest absolute Gasteiger partial charge is 0.303 e. The van der Waals surface area contributed by atoms with E-state index in [1.54, 1.807) is 0 Å². The van der Waals surface area contributed by atoms with Crippen molar-refractivity contribution in [3.63, 3.8) is 0 Å². The Morgan fingerprint density at radius 1 is 1.10 bits per heavy atom. The predicted molar refractivity (Wildman–Crippen MR) is 80.7 cm³/mol. The van der Waals surface area contributed by atoms with Crippen LogP contribution in [0.5, 0.6) is 0 Å². The molecular formula is C14H19AgCl2NO2. The van der Waals surface area contributed by atoms with Gasteiger partial charge >= 0.3 is 5.97 Å². The average Bonchev–Trinajstić information content (AvgIpc) is 2.39. The zero-order valence-electron chi connectivity index (χ0n) is 11.1. The van der Waals surface area contributed by atoms with E-state index in [0.717, 1.165) is 30.8 Å². The molecule has 1 rings (SSSR count). The molecule has 1 N–H and O–H groups in total. The number of carboxylic acids is 1. The molecule has 20 heavy (non-hydrogen) atoms. The zero-order valence-corrected chi connectivity index (χ0v) is 14.1. The number of hydrogen-bond acceptors (Lipinski definition) is 2. The van der Waals surface area contributed by atoms with Crippen molar-refractivity contribution in [2.75, 3.05) is 29.7 Å². The molecule has 0 spiro atoms. The van der Waals surface area contributed by atoms with Gasteiger partial charge in [0.05, 0.1) is 0 Å². The molecule has 0 atom stereocenters. The standard InChI is InChI=1S/C14H19Cl2NO2.Ag/c15-8-10-17(11-9-16)13-6-4-12(5-7-13)2-1-3-14(18)19;/h4-7H,1-3,8-11H2,(H,18,19);. The van der Waals surface area contributed by atoms with E-state index in [9.17, 15) is 4.79 Å². The normalized spacial score (nSPS) is 9.90. The number of nitrogens with zero attached hydrogens (tertiary/aromatic N) is 1. The van der Waals surface area contributed by atoms with Crippen molar-refractivity contribution in [3.8, 4) is 0 Å². The predicted octanol–water partition coefficient (Wildman–Crippen LogP) is 3.38. The van der Waals surface area contributed by atoms with Gasteiger partial charge < -0.3 is 10.0 Å². The quantitative estimate of drug-likeness (QED) is 0.500. The number of aryl methyl sites for hydroxylation is 1. The number of carbonyl (C=O) groups is 1. The fourth-order valence-corrected chi connectivity index (χ4v) is 2.30. The zero-order chi connectivity index (χ0) is 14.1. The van der Waals surface area contributed by atoms with Crippen molar-refractivity contribution in [1.82, 2.24) is 0 Å². The maximum Gasteiger partial charge on any atom is 0.303 e. The SMILES string of the molecule is O=C(O)CCCc1ccc(N(CCCl)CCCl)cc1.[Ag]. The van der Waals surface area contributed by atoms with E-state index in [4.69, 9.17) is 28.3 Å². The van der Waals surface area contributed by atoms with Crippen LogP contribution in [0.1, 0.15) is 18.4 Å². The van der Waals surface area contributed by atoms with Crippen LogP contribution in [0, 0.1) is 0 Å². The maximum absolute atomic E-state index is 10.4. The number of aliphatic carboxylic acids is 1. The van der Waals surface area contributed by atoms with Crippen LogP contribution in [0.2, 0.25) is 0 Å². The Kier molecular flexibility index (Phi) is 11.4. The van der Waals surface area contributed by atoms with Crippen molar-refractivity contribution in [2.24, 2.45) is 0 Å². The Balaban J connectivity index is 0.00000361. The molecule has 0 saturated carbocycles. The topological polar surface area (TPSA) is 40.5 Å². The first-order chi connectivity index (χ1) is 9.17. The van der Waals surface area contributed by atoms with Gasteiger partial charge in [0, 0.05) is 59.3 Å². The van der Waals surface area contributed by atoms with Crippen LogP contribution in [-0.4, -0.2) is 35.9 Å². The molecule has 1 radical (unpaired) electrons. The molecule has 0 saturated heterocycles. The molecule has 1 aromatic carbocycles. The number of anilines is 1. The van der Waals surface area contributed by atoms with E-state index in [2.05, 4.69) is 4.90 Å². The Hall–Kier alpha value is -0.190. The van der Waals surface area contributed by atoms with Crippen LogP contribution < -0.4 is 4.90 Å². The summed E-state index contributed by atoms with van der Waals surface area (Å²) in [5, 5.41) is 8.59. The Labute approximate surface area is 145 Å². The van der Waals surface area contributed by atoms with Crippen LogP contribution in [0.4, 0.5) is 5.69 Å². The second-order valence-corrected chi connectivity index (χ2v) is 5.03. The van der Waals surface area contributed by atoms with Gasteiger partial charge in [0.1, 0.15) is 0 Å². The van der Waals surface area contributed by atoms with E-state index in [1.807, 2.05) is 24.3 Å². The Morgan fingerprint density at radius 2 is 1.65 bits per heavy atom. The number of alkyl halides is 2. The van der Waals surface area contributed by atoms with E-state index < -0.39 is 5.97 Å². The minimum atomic E-state index is -0.743. The van der Waals surface area contributed by atoms with Gasteiger partial charge in [-0.3, -0.25) is 4.79 Å². The largest absolute Gasteiger partial charge is 0.481 e. The van der Waals surface area contributed by atoms with Crippen molar-refractivity contribution in [2.45, 2.75) is 19.3 Å². The van der Waals surface area contributed by atoms with Crippen molar-refractivity contribution in [1.29, 1.82) is 0 Å². The van der Waals surface area contributed by atoms with Crippen LogP contribution in [0.15, 0.2) is 24.3 Å². The van der Waals surface area contributed by atoms with Gasteiger partial charge in [-0.2, -0.15) is 0 Å². The van der Waals surface area contributed by atoms with Crippen LogP contribution in [0.25, 0.3) is 0 Å². The van der Waals surface area contributed by atoms with Gasteiger partial charge in [-0.25, -0.2) is 0 Å². The minimum Gasteiger partial charge on any atom is -0.481 e.